The lowest BCUT2D eigenvalue weighted by Gasteiger charge is -2.14. The monoisotopic (exact) mass is 495 g/mol. The molecule has 1 N–H and O–H groups in total. The second-order valence-corrected chi connectivity index (χ2v) is 7.94. The summed E-state index contributed by atoms with van der Waals surface area (Å²) in [4.78, 5) is 20.3. The average molecular weight is 495 g/mol. The second kappa shape index (κ2) is 9.96. The van der Waals surface area contributed by atoms with Crippen LogP contribution in [-0.4, -0.2) is 61.2 Å². The van der Waals surface area contributed by atoms with Crippen LogP contribution in [0, 0.1) is 11.3 Å². The molecule has 0 bridgehead atoms. The molecule has 0 unspecified atom stereocenters. The van der Waals surface area contributed by atoms with E-state index in [0.29, 0.717) is 6.54 Å². The molecular weight excluding hydrogens is 475 g/mol. The first-order chi connectivity index (χ1) is 17.2. The van der Waals surface area contributed by atoms with Gasteiger partial charge in [-0.2, -0.15) is 33.7 Å². The normalized spacial score (nSPS) is 11.5. The van der Waals surface area contributed by atoms with Crippen molar-refractivity contribution in [1.82, 2.24) is 34.7 Å². The highest BCUT2D eigenvalue weighted by atomic mass is 19.4. The van der Waals surface area contributed by atoms with Gasteiger partial charge in [-0.1, -0.05) is 30.3 Å². The molecule has 3 heterocycles. The minimum absolute atomic E-state index is 0.0196. The lowest BCUT2D eigenvalue weighted by Crippen LogP contribution is -2.25. The molecule has 184 valence electrons. The van der Waals surface area contributed by atoms with Crippen LogP contribution >= 0.6 is 0 Å². The fourth-order valence-corrected chi connectivity index (χ4v) is 3.50. The maximum Gasteiger partial charge on any atom is 0.420 e. The third-order valence-electron chi connectivity index (χ3n) is 5.11. The quantitative estimate of drug-likeness (QED) is 0.418. The summed E-state index contributed by atoms with van der Waals surface area (Å²) in [5.41, 5.74) is -1.85. The van der Waals surface area contributed by atoms with Crippen LogP contribution in [0.5, 0.6) is 0 Å². The Hall–Kier alpha value is -4.57. The van der Waals surface area contributed by atoms with Crippen molar-refractivity contribution in [2.45, 2.75) is 12.7 Å². The van der Waals surface area contributed by atoms with Crippen molar-refractivity contribution < 1.29 is 18.0 Å². The Morgan fingerprint density at radius 2 is 1.86 bits per heavy atom. The first-order valence-electron chi connectivity index (χ1n) is 10.7. The zero-order valence-corrected chi connectivity index (χ0v) is 19.2. The number of halogens is 3. The van der Waals surface area contributed by atoms with Gasteiger partial charge in [0.05, 0.1) is 30.8 Å². The average Bonchev–Trinajstić information content (AvgIpc) is 3.51. The number of likely N-dealkylation sites (N-methyl/N-ethyl adjacent to an activating group) is 1. The van der Waals surface area contributed by atoms with Crippen molar-refractivity contribution in [3.63, 3.8) is 0 Å². The molecule has 4 rings (SSSR count). The van der Waals surface area contributed by atoms with Crippen LogP contribution in [0.2, 0.25) is 0 Å². The molecule has 0 radical (unpaired) electrons. The number of nitriles is 1. The number of anilines is 1. The zero-order valence-electron chi connectivity index (χ0n) is 19.2. The predicted octanol–water partition coefficient (Wildman–Crippen LogP) is 3.23. The van der Waals surface area contributed by atoms with Gasteiger partial charge in [0.25, 0.3) is 5.91 Å². The molecule has 0 spiro atoms. The first-order valence-corrected chi connectivity index (χ1v) is 10.7. The highest BCUT2D eigenvalue weighted by Gasteiger charge is 2.42. The van der Waals surface area contributed by atoms with Gasteiger partial charge in [0.2, 0.25) is 0 Å². The second-order valence-electron chi connectivity index (χ2n) is 7.94. The third kappa shape index (κ3) is 5.08. The number of nitrogens with one attached hydrogen (secondary N) is 1. The van der Waals surface area contributed by atoms with E-state index < -0.39 is 23.3 Å². The Morgan fingerprint density at radius 3 is 2.47 bits per heavy atom. The van der Waals surface area contributed by atoms with E-state index in [1.54, 1.807) is 37.2 Å². The molecule has 0 fully saturated rings. The minimum atomic E-state index is -4.86. The van der Waals surface area contributed by atoms with E-state index >= 15 is 0 Å². The first kappa shape index (κ1) is 24.6. The van der Waals surface area contributed by atoms with Gasteiger partial charge >= 0.3 is 6.18 Å². The van der Waals surface area contributed by atoms with Crippen LogP contribution in [0.3, 0.4) is 0 Å². The number of hydrogen-bond donors (Lipinski definition) is 1. The van der Waals surface area contributed by atoms with Crippen LogP contribution in [0.15, 0.2) is 55.0 Å². The molecule has 13 heteroatoms. The number of aromatic nitrogens is 6. The lowest BCUT2D eigenvalue weighted by molar-refractivity contribution is -0.137. The molecule has 0 aliphatic heterocycles. The number of pyridine rings is 1. The molecule has 4 aromatic rings. The molecule has 0 aliphatic rings. The van der Waals surface area contributed by atoms with Gasteiger partial charge in [-0.25, -0.2) is 4.98 Å². The number of carbonyl (C=O) groups is 1. The molecule has 0 atom stereocenters. The molecule has 0 aliphatic carbocycles. The summed E-state index contributed by atoms with van der Waals surface area (Å²) in [5, 5.41) is 23.9. The van der Waals surface area contributed by atoms with Crippen LogP contribution in [0.1, 0.15) is 21.6 Å². The number of rotatable bonds is 7. The summed E-state index contributed by atoms with van der Waals surface area (Å²) in [7, 11) is 3.52. The highest BCUT2D eigenvalue weighted by Crippen LogP contribution is 2.39. The molecule has 1 amide bonds. The minimum Gasteiger partial charge on any atom is -0.319 e. The van der Waals surface area contributed by atoms with E-state index in [0.717, 1.165) is 9.48 Å². The van der Waals surface area contributed by atoms with Gasteiger partial charge < -0.3 is 10.2 Å². The number of amides is 1. The van der Waals surface area contributed by atoms with Crippen LogP contribution < -0.4 is 5.32 Å². The topological polar surface area (TPSA) is 118 Å². The summed E-state index contributed by atoms with van der Waals surface area (Å²) >= 11 is 0. The van der Waals surface area contributed by atoms with E-state index in [2.05, 4.69) is 25.6 Å². The smallest absolute Gasteiger partial charge is 0.319 e. The fraction of sp³-hybridized carbons (Fsp3) is 0.217. The lowest BCUT2D eigenvalue weighted by atomic mass is 10.0. The Morgan fingerprint density at radius 1 is 1.17 bits per heavy atom. The summed E-state index contributed by atoms with van der Waals surface area (Å²) in [6.07, 6.45) is -0.851. The van der Waals surface area contributed by atoms with E-state index in [1.807, 2.05) is 6.07 Å². The van der Waals surface area contributed by atoms with Gasteiger partial charge in [0, 0.05) is 12.1 Å². The Bertz CT molecular complexity index is 1410. The molecule has 36 heavy (non-hydrogen) atoms. The summed E-state index contributed by atoms with van der Waals surface area (Å²) < 4.78 is 44.0. The summed E-state index contributed by atoms with van der Waals surface area (Å²) in [5.74, 6) is -0.926. The zero-order chi connectivity index (χ0) is 25.9. The molecule has 0 saturated carbocycles. The van der Waals surface area contributed by atoms with E-state index in [9.17, 15) is 23.2 Å². The number of benzene rings is 1. The van der Waals surface area contributed by atoms with Gasteiger partial charge in [-0.15, -0.1) is 4.80 Å². The SMILES string of the molecule is CN(C)CCn1nc(-c2ccccc2)c(C(F)(F)F)c1C(=O)Nc1cnc(-n2nccn2)c(C#N)c1. The number of hydrogen-bond acceptors (Lipinski definition) is 7. The standard InChI is InChI=1S/C23H20F3N9O/c1-33(2)10-11-34-20(18(23(24,25)26)19(32-34)15-6-4-3-5-7-15)22(36)31-17-12-16(13-27)21(28-14-17)35-29-8-9-30-35/h3-9,12,14H,10-11H2,1-2H3,(H,31,36). The molecule has 3 aromatic heterocycles. The largest absolute Gasteiger partial charge is 0.420 e. The Balaban J connectivity index is 1.78. The number of nitrogens with zero attached hydrogens (tertiary/aromatic N) is 8. The van der Waals surface area contributed by atoms with Crippen molar-refractivity contribution in [2.24, 2.45) is 0 Å². The maximum atomic E-state index is 14.3. The Kier molecular flexibility index (Phi) is 6.80. The van der Waals surface area contributed by atoms with Crippen LogP contribution in [-0.2, 0) is 12.7 Å². The van der Waals surface area contributed by atoms with Gasteiger partial charge in [-0.3, -0.25) is 9.48 Å². The van der Waals surface area contributed by atoms with E-state index in [-0.39, 0.29) is 34.9 Å². The Labute approximate surface area is 203 Å². The predicted molar refractivity (Wildman–Crippen MR) is 123 cm³/mol. The van der Waals surface area contributed by atoms with Crippen molar-refractivity contribution in [3.8, 4) is 23.1 Å². The van der Waals surface area contributed by atoms with Crippen LogP contribution in [0.25, 0.3) is 17.1 Å². The maximum absolute atomic E-state index is 14.3. The fourth-order valence-electron chi connectivity index (χ4n) is 3.50. The van der Waals surface area contributed by atoms with Crippen molar-refractivity contribution in [1.29, 1.82) is 5.26 Å². The summed E-state index contributed by atoms with van der Waals surface area (Å²) in [6.45, 7) is 0.385. The van der Waals surface area contributed by atoms with Crippen molar-refractivity contribution >= 4 is 11.6 Å². The third-order valence-corrected chi connectivity index (χ3v) is 5.11. The number of carbonyl (C=O) groups excluding carboxylic acids is 1. The summed E-state index contributed by atoms with van der Waals surface area (Å²) in [6, 6.07) is 11.1. The van der Waals surface area contributed by atoms with Gasteiger partial charge in [0.1, 0.15) is 28.6 Å². The van der Waals surface area contributed by atoms with E-state index in [1.165, 1.54) is 36.8 Å². The molecule has 0 saturated heterocycles. The highest BCUT2D eigenvalue weighted by molar-refractivity contribution is 6.05. The van der Waals surface area contributed by atoms with Crippen molar-refractivity contribution in [2.75, 3.05) is 26.0 Å². The van der Waals surface area contributed by atoms with Gasteiger partial charge in [-0.05, 0) is 20.2 Å². The van der Waals surface area contributed by atoms with Gasteiger partial charge in [0.15, 0.2) is 5.82 Å². The molecule has 10 nitrogen and oxygen atoms in total. The number of alkyl halides is 3. The van der Waals surface area contributed by atoms with Crippen LogP contribution in [0.4, 0.5) is 18.9 Å². The molecule has 1 aromatic carbocycles. The van der Waals surface area contributed by atoms with Crippen molar-refractivity contribution in [3.05, 3.63) is 71.8 Å². The molecular formula is C23H20F3N9O. The van der Waals surface area contributed by atoms with E-state index in [4.69, 9.17) is 0 Å².